The van der Waals surface area contributed by atoms with Gasteiger partial charge in [0.05, 0.1) is 12.7 Å². The highest BCUT2D eigenvalue weighted by Crippen LogP contribution is 2.28. The first-order valence-corrected chi connectivity index (χ1v) is 7.03. The molecular formula is C12H18N2O3S2. The highest BCUT2D eigenvalue weighted by atomic mass is 32.1. The normalized spacial score (nSPS) is 10.1. The molecule has 0 aromatic carbocycles. The maximum atomic E-state index is 11.6. The van der Waals surface area contributed by atoms with Crippen LogP contribution in [0.2, 0.25) is 0 Å². The lowest BCUT2D eigenvalue weighted by molar-refractivity contribution is 0.0602. The van der Waals surface area contributed by atoms with E-state index in [4.69, 9.17) is 21.7 Å². The fraction of sp³-hybridized carbons (Fsp3) is 0.500. The smallest absolute Gasteiger partial charge is 0.340 e. The van der Waals surface area contributed by atoms with Crippen molar-refractivity contribution in [3.63, 3.8) is 0 Å². The van der Waals surface area contributed by atoms with Crippen LogP contribution < -0.4 is 10.6 Å². The average molecular weight is 302 g/mol. The van der Waals surface area contributed by atoms with Crippen LogP contribution in [0.5, 0.6) is 0 Å². The lowest BCUT2D eigenvalue weighted by Crippen LogP contribution is -2.30. The van der Waals surface area contributed by atoms with Crippen LogP contribution in [0.15, 0.2) is 6.07 Å². The highest BCUT2D eigenvalue weighted by molar-refractivity contribution is 7.80. The first-order valence-electron chi connectivity index (χ1n) is 5.81. The van der Waals surface area contributed by atoms with Crippen LogP contribution in [-0.4, -0.2) is 38.5 Å². The number of carbonyl (C=O) groups excluding carboxylic acids is 1. The Bertz CT molecular complexity index is 446. The summed E-state index contributed by atoms with van der Waals surface area (Å²) in [5, 5.41) is 7.27. The van der Waals surface area contributed by atoms with Crippen molar-refractivity contribution in [2.75, 3.05) is 32.7 Å². The third-order valence-electron chi connectivity index (χ3n) is 2.30. The molecule has 1 aromatic heterocycles. The van der Waals surface area contributed by atoms with E-state index in [9.17, 15) is 4.79 Å². The number of thiophene rings is 1. The van der Waals surface area contributed by atoms with E-state index in [0.29, 0.717) is 22.3 Å². The molecule has 1 rings (SSSR count). The molecule has 1 aromatic rings. The molecule has 5 nitrogen and oxygen atoms in total. The van der Waals surface area contributed by atoms with Crippen LogP contribution in [0.1, 0.15) is 21.7 Å². The number of methoxy groups -OCH3 is 2. The summed E-state index contributed by atoms with van der Waals surface area (Å²) in [5.41, 5.74) is 0.506. The van der Waals surface area contributed by atoms with Crippen LogP contribution in [0.4, 0.5) is 5.00 Å². The van der Waals surface area contributed by atoms with Gasteiger partial charge in [0.2, 0.25) is 0 Å². The second kappa shape index (κ2) is 8.08. The Morgan fingerprint density at radius 3 is 2.84 bits per heavy atom. The number of nitrogens with one attached hydrogen (secondary N) is 2. The quantitative estimate of drug-likeness (QED) is 0.477. The van der Waals surface area contributed by atoms with Crippen LogP contribution in [0, 0.1) is 6.92 Å². The minimum atomic E-state index is -0.367. The van der Waals surface area contributed by atoms with E-state index >= 15 is 0 Å². The van der Waals surface area contributed by atoms with Crippen LogP contribution in [0.3, 0.4) is 0 Å². The van der Waals surface area contributed by atoms with Crippen molar-refractivity contribution in [3.8, 4) is 0 Å². The topological polar surface area (TPSA) is 59.6 Å². The third-order valence-corrected chi connectivity index (χ3v) is 3.51. The van der Waals surface area contributed by atoms with E-state index in [2.05, 4.69) is 10.6 Å². The van der Waals surface area contributed by atoms with Gasteiger partial charge in [-0.05, 0) is 31.6 Å². The van der Waals surface area contributed by atoms with Crippen molar-refractivity contribution in [1.82, 2.24) is 5.32 Å². The fourth-order valence-corrected chi connectivity index (χ4v) is 2.61. The van der Waals surface area contributed by atoms with E-state index in [1.165, 1.54) is 18.4 Å². The number of hydrogen-bond donors (Lipinski definition) is 2. The van der Waals surface area contributed by atoms with Crippen molar-refractivity contribution >= 4 is 39.6 Å². The summed E-state index contributed by atoms with van der Waals surface area (Å²) in [5.74, 6) is -0.367. The zero-order chi connectivity index (χ0) is 14.3. The molecule has 0 aliphatic heterocycles. The lowest BCUT2D eigenvalue weighted by atomic mass is 10.3. The molecule has 0 bridgehead atoms. The molecule has 7 heteroatoms. The standard InChI is InChI=1S/C12H18N2O3S2/c1-8-7-9(11(15)17-3)10(19-8)14-12(18)13-5-4-6-16-2/h7H,4-6H2,1-3H3,(H2,13,14,18). The molecule has 0 atom stereocenters. The van der Waals surface area contributed by atoms with Crippen molar-refractivity contribution in [2.24, 2.45) is 0 Å². The molecule has 2 N–H and O–H groups in total. The molecule has 19 heavy (non-hydrogen) atoms. The zero-order valence-electron chi connectivity index (χ0n) is 11.2. The van der Waals surface area contributed by atoms with Crippen molar-refractivity contribution in [2.45, 2.75) is 13.3 Å². The molecule has 0 saturated carbocycles. The minimum absolute atomic E-state index is 0.367. The Labute approximate surface area is 122 Å². The largest absolute Gasteiger partial charge is 0.465 e. The van der Waals surface area contributed by atoms with E-state index in [1.54, 1.807) is 13.2 Å². The molecule has 0 aliphatic rings. The van der Waals surface area contributed by atoms with E-state index in [1.807, 2.05) is 6.92 Å². The summed E-state index contributed by atoms with van der Waals surface area (Å²) in [6, 6.07) is 1.78. The molecular weight excluding hydrogens is 284 g/mol. The summed E-state index contributed by atoms with van der Waals surface area (Å²) >= 11 is 6.63. The van der Waals surface area contributed by atoms with Gasteiger partial charge in [0.1, 0.15) is 5.00 Å². The highest BCUT2D eigenvalue weighted by Gasteiger charge is 2.15. The van der Waals surface area contributed by atoms with Gasteiger partial charge in [-0.1, -0.05) is 0 Å². The summed E-state index contributed by atoms with van der Waals surface area (Å²) in [6.45, 7) is 3.33. The Morgan fingerprint density at radius 1 is 1.47 bits per heavy atom. The molecule has 0 radical (unpaired) electrons. The molecule has 0 aliphatic carbocycles. The van der Waals surface area contributed by atoms with Gasteiger partial charge in [0.15, 0.2) is 5.11 Å². The number of anilines is 1. The predicted octanol–water partition coefficient (Wildman–Crippen LogP) is 2.17. The second-order valence-corrected chi connectivity index (χ2v) is 5.48. The van der Waals surface area contributed by atoms with Gasteiger partial charge in [0, 0.05) is 25.1 Å². The number of thiocarbonyl (C=S) groups is 1. The molecule has 106 valence electrons. The molecule has 0 saturated heterocycles. The van der Waals surface area contributed by atoms with Gasteiger partial charge in [-0.25, -0.2) is 4.79 Å². The molecule has 0 unspecified atom stereocenters. The fourth-order valence-electron chi connectivity index (χ4n) is 1.43. The van der Waals surface area contributed by atoms with Gasteiger partial charge in [-0.3, -0.25) is 0 Å². The number of rotatable bonds is 6. The van der Waals surface area contributed by atoms with Gasteiger partial charge >= 0.3 is 5.97 Å². The Morgan fingerprint density at radius 2 is 2.21 bits per heavy atom. The average Bonchev–Trinajstić information content (AvgIpc) is 2.74. The van der Waals surface area contributed by atoms with Crippen molar-refractivity contribution < 1.29 is 14.3 Å². The van der Waals surface area contributed by atoms with Crippen molar-refractivity contribution in [1.29, 1.82) is 0 Å². The lowest BCUT2D eigenvalue weighted by Gasteiger charge is -2.09. The first-order chi connectivity index (χ1) is 9.08. The van der Waals surface area contributed by atoms with Gasteiger partial charge < -0.3 is 20.1 Å². The number of ether oxygens (including phenoxy) is 2. The Hall–Kier alpha value is -1.18. The van der Waals surface area contributed by atoms with Crippen LogP contribution in [-0.2, 0) is 9.47 Å². The van der Waals surface area contributed by atoms with Gasteiger partial charge in [-0.15, -0.1) is 11.3 Å². The Kier molecular flexibility index (Phi) is 6.75. The summed E-state index contributed by atoms with van der Waals surface area (Å²) in [4.78, 5) is 12.6. The van der Waals surface area contributed by atoms with E-state index in [0.717, 1.165) is 17.8 Å². The first kappa shape index (κ1) is 15.9. The number of hydrogen-bond acceptors (Lipinski definition) is 5. The molecule has 0 fully saturated rings. The van der Waals surface area contributed by atoms with Crippen molar-refractivity contribution in [3.05, 3.63) is 16.5 Å². The third kappa shape index (κ3) is 5.14. The SMILES string of the molecule is COCCCNC(=S)Nc1sc(C)cc1C(=O)OC. The monoisotopic (exact) mass is 302 g/mol. The zero-order valence-corrected chi connectivity index (χ0v) is 12.9. The molecule has 1 heterocycles. The van der Waals surface area contributed by atoms with Gasteiger partial charge in [0.25, 0.3) is 0 Å². The number of aryl methyl sites for hydroxylation is 1. The number of carbonyl (C=O) groups is 1. The second-order valence-electron chi connectivity index (χ2n) is 3.82. The molecule has 0 amide bonds. The predicted molar refractivity (Wildman–Crippen MR) is 81.1 cm³/mol. The van der Waals surface area contributed by atoms with Crippen LogP contribution in [0.25, 0.3) is 0 Å². The number of esters is 1. The Balaban J connectivity index is 2.56. The summed E-state index contributed by atoms with van der Waals surface area (Å²) in [7, 11) is 3.02. The summed E-state index contributed by atoms with van der Waals surface area (Å²) < 4.78 is 9.68. The maximum Gasteiger partial charge on any atom is 0.340 e. The molecule has 0 spiro atoms. The summed E-state index contributed by atoms with van der Waals surface area (Å²) in [6.07, 6.45) is 0.867. The van der Waals surface area contributed by atoms with Gasteiger partial charge in [-0.2, -0.15) is 0 Å². The van der Waals surface area contributed by atoms with E-state index in [-0.39, 0.29) is 5.97 Å². The van der Waals surface area contributed by atoms with E-state index < -0.39 is 0 Å². The minimum Gasteiger partial charge on any atom is -0.465 e. The maximum absolute atomic E-state index is 11.6. The van der Waals surface area contributed by atoms with Crippen LogP contribution >= 0.6 is 23.6 Å².